The van der Waals surface area contributed by atoms with E-state index in [2.05, 4.69) is 17.6 Å². The third kappa shape index (κ3) is 5.59. The van der Waals surface area contributed by atoms with Gasteiger partial charge in [-0.3, -0.25) is 10.1 Å². The van der Waals surface area contributed by atoms with Gasteiger partial charge < -0.3 is 10.1 Å². The summed E-state index contributed by atoms with van der Waals surface area (Å²) in [4.78, 5) is 35.6. The molecule has 0 bridgehead atoms. The first-order valence-electron chi connectivity index (χ1n) is 8.71. The van der Waals surface area contributed by atoms with Crippen molar-refractivity contribution in [3.63, 3.8) is 0 Å². The predicted octanol–water partition coefficient (Wildman–Crippen LogP) is 2.86. The van der Waals surface area contributed by atoms with Crippen LogP contribution in [0.4, 0.5) is 4.79 Å². The third-order valence-corrected chi connectivity index (χ3v) is 4.76. The maximum absolute atomic E-state index is 12.0. The van der Waals surface area contributed by atoms with Gasteiger partial charge in [-0.1, -0.05) is 25.8 Å². The Bertz CT molecular complexity index is 657. The molecule has 1 aromatic carbocycles. The number of amides is 3. The Morgan fingerprint density at radius 1 is 1.12 bits per heavy atom. The highest BCUT2D eigenvalue weighted by molar-refractivity contribution is 5.97. The monoisotopic (exact) mass is 346 g/mol. The zero-order valence-electron chi connectivity index (χ0n) is 15.1. The average molecular weight is 346 g/mol. The van der Waals surface area contributed by atoms with Gasteiger partial charge in [0, 0.05) is 6.04 Å². The van der Waals surface area contributed by atoms with Crippen LogP contribution in [0.2, 0.25) is 0 Å². The molecule has 0 aromatic heterocycles. The number of esters is 1. The first-order valence-corrected chi connectivity index (χ1v) is 8.71. The quantitative estimate of drug-likeness (QED) is 0.821. The Morgan fingerprint density at radius 3 is 2.52 bits per heavy atom. The molecule has 1 fully saturated rings. The van der Waals surface area contributed by atoms with Crippen LogP contribution in [0.25, 0.3) is 0 Å². The van der Waals surface area contributed by atoms with E-state index in [4.69, 9.17) is 4.74 Å². The number of ether oxygens (including phenoxy) is 1. The molecule has 1 aromatic rings. The van der Waals surface area contributed by atoms with Crippen molar-refractivity contribution in [3.8, 4) is 0 Å². The fourth-order valence-corrected chi connectivity index (χ4v) is 2.98. The zero-order valence-corrected chi connectivity index (χ0v) is 15.1. The molecule has 25 heavy (non-hydrogen) atoms. The van der Waals surface area contributed by atoms with Gasteiger partial charge in [-0.05, 0) is 55.9 Å². The summed E-state index contributed by atoms with van der Waals surface area (Å²) in [7, 11) is 0. The van der Waals surface area contributed by atoms with Gasteiger partial charge in [-0.2, -0.15) is 0 Å². The van der Waals surface area contributed by atoms with E-state index >= 15 is 0 Å². The Morgan fingerprint density at radius 2 is 1.84 bits per heavy atom. The lowest BCUT2D eigenvalue weighted by atomic mass is 9.86. The summed E-state index contributed by atoms with van der Waals surface area (Å²) >= 11 is 0. The van der Waals surface area contributed by atoms with Gasteiger partial charge in [0.25, 0.3) is 5.91 Å². The van der Waals surface area contributed by atoms with Crippen LogP contribution in [-0.4, -0.2) is 30.6 Å². The topological polar surface area (TPSA) is 84.5 Å². The molecule has 2 N–H and O–H groups in total. The van der Waals surface area contributed by atoms with Crippen LogP contribution in [0, 0.1) is 19.8 Å². The zero-order chi connectivity index (χ0) is 18.4. The van der Waals surface area contributed by atoms with Crippen molar-refractivity contribution in [2.45, 2.75) is 52.5 Å². The Hall–Kier alpha value is -2.37. The van der Waals surface area contributed by atoms with Crippen molar-refractivity contribution < 1.29 is 19.1 Å². The second-order valence-electron chi connectivity index (χ2n) is 6.77. The Balaban J connectivity index is 1.76. The molecule has 0 aliphatic heterocycles. The lowest BCUT2D eigenvalue weighted by molar-refractivity contribution is -0.123. The van der Waals surface area contributed by atoms with E-state index in [0.29, 0.717) is 11.5 Å². The largest absolute Gasteiger partial charge is 0.452 e. The highest BCUT2D eigenvalue weighted by Gasteiger charge is 2.23. The molecule has 1 aliphatic carbocycles. The van der Waals surface area contributed by atoms with Crippen LogP contribution in [0.3, 0.4) is 0 Å². The molecule has 2 atom stereocenters. The standard InChI is InChI=1S/C19H26N2O4/c1-12-8-9-15(10-14(12)3)18(23)25-11-17(22)21-19(24)20-16-7-5-4-6-13(16)2/h8-10,13,16H,4-7,11H2,1-3H3,(H2,20,21,22,24)/t13-,16+/m1/s1. The van der Waals surface area contributed by atoms with E-state index in [0.717, 1.165) is 30.4 Å². The number of urea groups is 1. The fraction of sp³-hybridized carbons (Fsp3) is 0.526. The van der Waals surface area contributed by atoms with Crippen LogP contribution in [0.1, 0.15) is 54.1 Å². The van der Waals surface area contributed by atoms with Crippen molar-refractivity contribution in [2.75, 3.05) is 6.61 Å². The van der Waals surface area contributed by atoms with Crippen molar-refractivity contribution in [1.82, 2.24) is 10.6 Å². The second kappa shape index (κ2) is 8.65. The van der Waals surface area contributed by atoms with Gasteiger partial charge in [0.15, 0.2) is 6.61 Å². The summed E-state index contributed by atoms with van der Waals surface area (Å²) < 4.78 is 4.97. The minimum absolute atomic E-state index is 0.0830. The van der Waals surface area contributed by atoms with Gasteiger partial charge in [-0.25, -0.2) is 9.59 Å². The first-order chi connectivity index (χ1) is 11.9. The van der Waals surface area contributed by atoms with Crippen LogP contribution in [-0.2, 0) is 9.53 Å². The number of carbonyl (C=O) groups is 3. The number of hydrogen-bond donors (Lipinski definition) is 2. The summed E-state index contributed by atoms with van der Waals surface area (Å²) in [5, 5.41) is 5.03. The van der Waals surface area contributed by atoms with E-state index in [1.54, 1.807) is 12.1 Å². The van der Waals surface area contributed by atoms with E-state index < -0.39 is 24.5 Å². The van der Waals surface area contributed by atoms with E-state index in [-0.39, 0.29) is 6.04 Å². The summed E-state index contributed by atoms with van der Waals surface area (Å²) in [5.74, 6) is -0.824. The third-order valence-electron chi connectivity index (χ3n) is 4.76. The van der Waals surface area contributed by atoms with Crippen LogP contribution in [0.15, 0.2) is 18.2 Å². The van der Waals surface area contributed by atoms with Gasteiger partial charge in [0.2, 0.25) is 0 Å². The summed E-state index contributed by atoms with van der Waals surface area (Å²) in [6, 6.07) is 4.74. The molecule has 0 radical (unpaired) electrons. The normalized spacial score (nSPS) is 19.8. The molecule has 0 saturated heterocycles. The average Bonchev–Trinajstić information content (AvgIpc) is 2.57. The molecule has 1 saturated carbocycles. The van der Waals surface area contributed by atoms with Crippen molar-refractivity contribution >= 4 is 17.9 Å². The SMILES string of the molecule is Cc1ccc(C(=O)OCC(=O)NC(=O)N[C@H]2CCCC[C@H]2C)cc1C. The smallest absolute Gasteiger partial charge is 0.338 e. The van der Waals surface area contributed by atoms with Crippen LogP contribution >= 0.6 is 0 Å². The molecule has 6 heteroatoms. The number of imide groups is 1. The second-order valence-corrected chi connectivity index (χ2v) is 6.77. The number of nitrogens with one attached hydrogen (secondary N) is 2. The molecule has 136 valence electrons. The molecular weight excluding hydrogens is 320 g/mol. The Kier molecular flexibility index (Phi) is 6.56. The maximum Gasteiger partial charge on any atom is 0.338 e. The lowest BCUT2D eigenvalue weighted by Crippen LogP contribution is -2.48. The van der Waals surface area contributed by atoms with E-state index in [1.807, 2.05) is 19.9 Å². The van der Waals surface area contributed by atoms with Gasteiger partial charge in [0.05, 0.1) is 5.56 Å². The molecular formula is C19H26N2O4. The van der Waals surface area contributed by atoms with Crippen molar-refractivity contribution in [2.24, 2.45) is 5.92 Å². The number of rotatable bonds is 4. The lowest BCUT2D eigenvalue weighted by Gasteiger charge is -2.29. The molecule has 0 heterocycles. The summed E-state index contributed by atoms with van der Waals surface area (Å²) in [6.07, 6.45) is 4.25. The fourth-order valence-electron chi connectivity index (χ4n) is 2.98. The molecule has 1 aliphatic rings. The molecule has 0 unspecified atom stereocenters. The number of hydrogen-bond acceptors (Lipinski definition) is 4. The number of carbonyl (C=O) groups excluding carboxylic acids is 3. The van der Waals surface area contributed by atoms with Crippen LogP contribution < -0.4 is 10.6 Å². The minimum Gasteiger partial charge on any atom is -0.452 e. The van der Waals surface area contributed by atoms with E-state index in [1.165, 1.54) is 6.42 Å². The maximum atomic E-state index is 12.0. The van der Waals surface area contributed by atoms with Gasteiger partial charge >= 0.3 is 12.0 Å². The highest BCUT2D eigenvalue weighted by Crippen LogP contribution is 2.23. The van der Waals surface area contributed by atoms with E-state index in [9.17, 15) is 14.4 Å². The predicted molar refractivity (Wildman–Crippen MR) is 94.3 cm³/mol. The number of benzene rings is 1. The van der Waals surface area contributed by atoms with Gasteiger partial charge in [0.1, 0.15) is 0 Å². The summed E-state index contributed by atoms with van der Waals surface area (Å²) in [6.45, 7) is 5.45. The molecule has 2 rings (SSSR count). The highest BCUT2D eigenvalue weighted by atomic mass is 16.5. The molecule has 3 amide bonds. The van der Waals surface area contributed by atoms with Gasteiger partial charge in [-0.15, -0.1) is 0 Å². The Labute approximate surface area is 148 Å². The van der Waals surface area contributed by atoms with Crippen LogP contribution in [0.5, 0.6) is 0 Å². The first kappa shape index (κ1) is 19.0. The molecule has 6 nitrogen and oxygen atoms in total. The summed E-state index contributed by atoms with van der Waals surface area (Å²) in [5.41, 5.74) is 2.43. The minimum atomic E-state index is -0.641. The van der Waals surface area contributed by atoms with Crippen molar-refractivity contribution in [3.05, 3.63) is 34.9 Å². The van der Waals surface area contributed by atoms with Crippen molar-refractivity contribution in [1.29, 1.82) is 0 Å². The number of aryl methyl sites for hydroxylation is 2. The molecule has 0 spiro atoms.